The number of benzene rings is 2. The molecule has 5 nitrogen and oxygen atoms in total. The number of hydrogen-bond acceptors (Lipinski definition) is 5. The van der Waals surface area contributed by atoms with Gasteiger partial charge in [0.2, 0.25) is 0 Å². The van der Waals surface area contributed by atoms with Gasteiger partial charge >= 0.3 is 0 Å². The van der Waals surface area contributed by atoms with Crippen molar-refractivity contribution < 1.29 is 9.16 Å². The minimum atomic E-state index is -2.63. The van der Waals surface area contributed by atoms with E-state index < -0.39 is 8.32 Å². The largest absolute Gasteiger partial charge is 0.405 e. The summed E-state index contributed by atoms with van der Waals surface area (Å²) in [5.41, 5.74) is 6.51. The Morgan fingerprint density at radius 1 is 0.871 bits per heavy atom. The maximum absolute atomic E-state index is 6.97. The molecule has 0 amide bonds. The predicted octanol–water partition coefficient (Wildman–Crippen LogP) is 2.94. The van der Waals surface area contributed by atoms with Crippen molar-refractivity contribution >= 4 is 18.7 Å². The third-order valence-corrected chi connectivity index (χ3v) is 10.7. The van der Waals surface area contributed by atoms with Crippen molar-refractivity contribution in [3.05, 3.63) is 84.9 Å². The van der Waals surface area contributed by atoms with Crippen LogP contribution in [0.4, 0.5) is 0 Å². The summed E-state index contributed by atoms with van der Waals surface area (Å²) in [7, 11) is -0.947. The number of hydrogen-bond donors (Lipinski definition) is 1. The molecule has 6 heteroatoms. The lowest BCUT2D eigenvalue weighted by molar-refractivity contribution is 0.0361. The summed E-state index contributed by atoms with van der Waals surface area (Å²) in [5.74, 6) is 0.711. The second kappa shape index (κ2) is 10.3. The molecule has 2 aromatic carbocycles. The van der Waals surface area contributed by atoms with Crippen molar-refractivity contribution in [1.29, 1.82) is 0 Å². The first-order chi connectivity index (χ1) is 14.9. The fourth-order valence-electron chi connectivity index (χ4n) is 4.11. The molecule has 2 atom stereocenters. The van der Waals surface area contributed by atoms with Crippen LogP contribution in [0, 0.1) is 0 Å². The zero-order valence-corrected chi connectivity index (χ0v) is 19.9. The van der Waals surface area contributed by atoms with Crippen molar-refractivity contribution in [1.82, 2.24) is 9.97 Å². The molecule has 0 bridgehead atoms. The van der Waals surface area contributed by atoms with Gasteiger partial charge in [0.1, 0.15) is 5.82 Å². The molecule has 3 aromatic rings. The van der Waals surface area contributed by atoms with Gasteiger partial charge in [-0.25, -0.2) is 9.97 Å². The van der Waals surface area contributed by atoms with E-state index >= 15 is 0 Å². The molecule has 0 aliphatic rings. The molecule has 0 radical (unpaired) electrons. The highest BCUT2D eigenvalue weighted by atomic mass is 28.4. The van der Waals surface area contributed by atoms with Crippen LogP contribution in [0.15, 0.2) is 79.1 Å². The molecular formula is C25H33N3O2Si. The maximum atomic E-state index is 6.97. The third-order valence-electron chi connectivity index (χ3n) is 5.70. The maximum Gasteiger partial charge on any atom is 0.261 e. The second-order valence-electron chi connectivity index (χ2n) is 8.78. The topological polar surface area (TPSA) is 70.3 Å². The van der Waals surface area contributed by atoms with Gasteiger partial charge < -0.3 is 14.9 Å². The van der Waals surface area contributed by atoms with Gasteiger partial charge in [0.05, 0.1) is 12.7 Å². The fraction of sp³-hybridized carbons (Fsp3) is 0.360. The molecule has 1 heterocycles. The van der Waals surface area contributed by atoms with Gasteiger partial charge in [0, 0.05) is 32.0 Å². The predicted molar refractivity (Wildman–Crippen MR) is 128 cm³/mol. The number of nitrogens with two attached hydrogens (primary N) is 1. The highest BCUT2D eigenvalue weighted by molar-refractivity contribution is 6.99. The highest BCUT2D eigenvalue weighted by Crippen LogP contribution is 2.36. The Balaban J connectivity index is 1.93. The Kier molecular flexibility index (Phi) is 7.72. The van der Waals surface area contributed by atoms with Crippen LogP contribution in [-0.2, 0) is 15.6 Å². The number of aromatic nitrogens is 2. The lowest BCUT2D eigenvalue weighted by Gasteiger charge is -2.44. The molecule has 1 aromatic heterocycles. The molecular weight excluding hydrogens is 402 g/mol. The molecule has 0 saturated carbocycles. The van der Waals surface area contributed by atoms with Crippen LogP contribution in [0.3, 0.4) is 0 Å². The van der Waals surface area contributed by atoms with E-state index in [1.807, 2.05) is 12.1 Å². The third kappa shape index (κ3) is 5.27. The van der Waals surface area contributed by atoms with E-state index in [-0.39, 0.29) is 17.2 Å². The van der Waals surface area contributed by atoms with E-state index in [1.54, 1.807) is 25.6 Å². The number of nitrogens with zero attached hydrogens (tertiary/aromatic N) is 2. The van der Waals surface area contributed by atoms with Crippen molar-refractivity contribution in [2.24, 2.45) is 5.73 Å². The summed E-state index contributed by atoms with van der Waals surface area (Å²) in [5, 5.41) is 2.38. The quantitative estimate of drug-likeness (QED) is 0.523. The van der Waals surface area contributed by atoms with E-state index in [0.29, 0.717) is 18.9 Å². The molecule has 31 heavy (non-hydrogen) atoms. The Bertz CT molecular complexity index is 878. The minimum Gasteiger partial charge on any atom is -0.405 e. The van der Waals surface area contributed by atoms with Crippen LogP contribution in [-0.4, -0.2) is 44.1 Å². The first-order valence-electron chi connectivity index (χ1n) is 10.7. The van der Waals surface area contributed by atoms with E-state index in [9.17, 15) is 0 Å². The summed E-state index contributed by atoms with van der Waals surface area (Å²) < 4.78 is 12.8. The standard InChI is InChI=1S/C25H33N3O2Si/c1-25(2,3)31(20-12-7-5-8-13-20,21-14-9-6-10-15-21)30-19-23(29-4)22(26)18-24-27-16-11-17-28-24/h5-17,22-23H,18-19,26H2,1-4H3. The molecule has 3 rings (SSSR count). The van der Waals surface area contributed by atoms with Crippen LogP contribution >= 0.6 is 0 Å². The average Bonchev–Trinajstić information content (AvgIpc) is 2.78. The first-order valence-corrected chi connectivity index (χ1v) is 12.6. The van der Waals surface area contributed by atoms with E-state index in [4.69, 9.17) is 14.9 Å². The zero-order valence-electron chi connectivity index (χ0n) is 18.9. The van der Waals surface area contributed by atoms with Crippen LogP contribution in [0.2, 0.25) is 5.04 Å². The van der Waals surface area contributed by atoms with Gasteiger partial charge in [0.15, 0.2) is 0 Å². The van der Waals surface area contributed by atoms with Gasteiger partial charge in [-0.2, -0.15) is 0 Å². The van der Waals surface area contributed by atoms with Crippen molar-refractivity contribution in [2.75, 3.05) is 13.7 Å². The van der Waals surface area contributed by atoms with Crippen LogP contribution in [0.5, 0.6) is 0 Å². The summed E-state index contributed by atoms with van der Waals surface area (Å²) in [4.78, 5) is 8.60. The Hall–Kier alpha value is -2.38. The molecule has 164 valence electrons. The first kappa shape index (κ1) is 23.3. The molecule has 0 spiro atoms. The summed E-state index contributed by atoms with van der Waals surface area (Å²) in [6.07, 6.45) is 3.72. The number of methoxy groups -OCH3 is 1. The Labute approximate surface area is 186 Å². The van der Waals surface area contributed by atoms with E-state index in [2.05, 4.69) is 79.3 Å². The molecule has 0 saturated heterocycles. The smallest absolute Gasteiger partial charge is 0.261 e. The summed E-state index contributed by atoms with van der Waals surface area (Å²) >= 11 is 0. The van der Waals surface area contributed by atoms with Crippen molar-refractivity contribution in [2.45, 2.75) is 44.4 Å². The van der Waals surface area contributed by atoms with E-state index in [1.165, 1.54) is 10.4 Å². The molecule has 0 aliphatic carbocycles. The van der Waals surface area contributed by atoms with Crippen LogP contribution in [0.1, 0.15) is 26.6 Å². The highest BCUT2D eigenvalue weighted by Gasteiger charge is 2.50. The van der Waals surface area contributed by atoms with Crippen LogP contribution < -0.4 is 16.1 Å². The number of ether oxygens (including phenoxy) is 1. The fourth-order valence-corrected chi connectivity index (χ4v) is 8.68. The van der Waals surface area contributed by atoms with Gasteiger partial charge in [0.25, 0.3) is 8.32 Å². The zero-order chi connectivity index (χ0) is 22.3. The van der Waals surface area contributed by atoms with Crippen molar-refractivity contribution in [3.8, 4) is 0 Å². The molecule has 2 N–H and O–H groups in total. The number of rotatable bonds is 9. The van der Waals surface area contributed by atoms with Gasteiger partial charge in [-0.05, 0) is 21.5 Å². The average molecular weight is 436 g/mol. The van der Waals surface area contributed by atoms with Gasteiger partial charge in [-0.15, -0.1) is 0 Å². The van der Waals surface area contributed by atoms with Crippen LogP contribution in [0.25, 0.3) is 0 Å². The van der Waals surface area contributed by atoms with Gasteiger partial charge in [-0.1, -0.05) is 81.4 Å². The lowest BCUT2D eigenvalue weighted by atomic mass is 10.1. The molecule has 0 fully saturated rings. The Morgan fingerprint density at radius 3 is 1.84 bits per heavy atom. The molecule has 2 unspecified atom stereocenters. The van der Waals surface area contributed by atoms with Crippen molar-refractivity contribution in [3.63, 3.8) is 0 Å². The second-order valence-corrected chi connectivity index (χ2v) is 13.1. The SMILES string of the molecule is COC(CO[Si](c1ccccc1)(c1ccccc1)C(C)(C)C)C(N)Cc1ncccn1. The minimum absolute atomic E-state index is 0.0966. The van der Waals surface area contributed by atoms with Gasteiger partial charge in [-0.3, -0.25) is 0 Å². The lowest BCUT2D eigenvalue weighted by Crippen LogP contribution is -2.67. The summed E-state index contributed by atoms with van der Waals surface area (Å²) in [6, 6.07) is 22.7. The monoisotopic (exact) mass is 435 g/mol. The molecule has 0 aliphatic heterocycles. The van der Waals surface area contributed by atoms with E-state index in [0.717, 1.165) is 0 Å². The Morgan fingerprint density at radius 2 is 1.39 bits per heavy atom. The summed E-state index contributed by atoms with van der Waals surface area (Å²) in [6.45, 7) is 7.19. The normalized spacial score (nSPS) is 14.2.